The van der Waals surface area contributed by atoms with E-state index in [1.807, 2.05) is 0 Å². The molecule has 1 heteroatoms. The third kappa shape index (κ3) is 8.65. The Morgan fingerprint density at radius 1 is 0.309 bits per heavy atom. The van der Waals surface area contributed by atoms with Gasteiger partial charge in [-0.3, -0.25) is 0 Å². The van der Waals surface area contributed by atoms with E-state index in [9.17, 15) is 0 Å². The monoisotopic (exact) mass is 766 g/mol. The first kappa shape index (κ1) is 35.5. The van der Waals surface area contributed by atoms with Crippen LogP contribution in [0.5, 0.6) is 0 Å². The molecular weight excluding hydrogens is 728 g/mol. The molecule has 0 spiro atoms. The number of hydrogen-bond donors (Lipinski definition) is 0. The molecule has 0 bridgehead atoms. The second kappa shape index (κ2) is 17.1. The molecule has 0 amide bonds. The Morgan fingerprint density at radius 3 is 1.07 bits per heavy atom. The lowest BCUT2D eigenvalue weighted by Crippen LogP contribution is -1.88. The molecule has 0 heterocycles. The number of benzene rings is 8. The summed E-state index contributed by atoms with van der Waals surface area (Å²) in [5, 5.41) is 2.41. The van der Waals surface area contributed by atoms with E-state index < -0.39 is 0 Å². The van der Waals surface area contributed by atoms with Gasteiger partial charge in [-0.25, -0.2) is 0 Å². The Labute approximate surface area is 332 Å². The molecule has 0 radical (unpaired) electrons. The van der Waals surface area contributed by atoms with Gasteiger partial charge in [-0.05, 0) is 95.8 Å². The lowest BCUT2D eigenvalue weighted by Gasteiger charge is -2.10. The van der Waals surface area contributed by atoms with Gasteiger partial charge in [-0.15, -0.1) is 0 Å². The summed E-state index contributed by atoms with van der Waals surface area (Å²) in [7, 11) is 0. The molecule has 0 nitrogen and oxygen atoms in total. The Bertz CT molecular complexity index is 2390. The average molecular weight is 768 g/mol. The van der Waals surface area contributed by atoms with Crippen LogP contribution in [0.3, 0.4) is 0 Å². The molecular formula is C54H39Br. The van der Waals surface area contributed by atoms with E-state index in [2.05, 4.69) is 253 Å². The van der Waals surface area contributed by atoms with Crippen LogP contribution in [-0.2, 0) is 0 Å². The van der Waals surface area contributed by atoms with Gasteiger partial charge in [0.15, 0.2) is 0 Å². The molecule has 0 saturated carbocycles. The van der Waals surface area contributed by atoms with Gasteiger partial charge in [0.05, 0.1) is 0 Å². The van der Waals surface area contributed by atoms with Crippen molar-refractivity contribution in [3.05, 3.63) is 260 Å². The summed E-state index contributed by atoms with van der Waals surface area (Å²) in [5.74, 6) is 0. The normalized spacial score (nSPS) is 11.2. The molecule has 0 aliphatic carbocycles. The number of rotatable bonds is 10. The number of hydrogen-bond acceptors (Lipinski definition) is 0. The van der Waals surface area contributed by atoms with Crippen LogP contribution in [0.1, 0.15) is 55.6 Å². The van der Waals surface area contributed by atoms with Gasteiger partial charge < -0.3 is 0 Å². The zero-order valence-electron chi connectivity index (χ0n) is 30.4. The summed E-state index contributed by atoms with van der Waals surface area (Å²) < 4.78 is 1.09. The standard InChI is InChI=1S/C54H39Br/c55-53-37-36-49(35-33-41-26-30-43(31-27-41)39-52(46-18-9-3-10-19-46)47-20-11-4-12-21-47)54-48(22-13-23-50(53)54)34-32-40-24-28-42(29-25-40)38-51(44-14-5-1-6-15-44)45-16-7-2-8-17-45/h1-39H/b34-32+,35-33+. The van der Waals surface area contributed by atoms with E-state index in [0.29, 0.717) is 0 Å². The van der Waals surface area contributed by atoms with Crippen molar-refractivity contribution in [3.63, 3.8) is 0 Å². The van der Waals surface area contributed by atoms with Crippen molar-refractivity contribution < 1.29 is 0 Å². The second-order valence-electron chi connectivity index (χ2n) is 13.5. The summed E-state index contributed by atoms with van der Waals surface area (Å²) >= 11 is 3.82. The molecule has 0 aromatic heterocycles. The number of fused-ring (bicyclic) bond motifs is 1. The molecule has 0 aliphatic rings. The van der Waals surface area contributed by atoms with Gasteiger partial charge in [0.1, 0.15) is 0 Å². The smallest absolute Gasteiger partial charge is 0.0254 e. The van der Waals surface area contributed by atoms with Gasteiger partial charge >= 0.3 is 0 Å². The van der Waals surface area contributed by atoms with Crippen LogP contribution in [0.4, 0.5) is 0 Å². The van der Waals surface area contributed by atoms with E-state index in [1.54, 1.807) is 0 Å². The first-order chi connectivity index (χ1) is 27.2. The van der Waals surface area contributed by atoms with Crippen molar-refractivity contribution in [2.24, 2.45) is 0 Å². The summed E-state index contributed by atoms with van der Waals surface area (Å²) in [5.41, 5.74) is 14.2. The van der Waals surface area contributed by atoms with Crippen molar-refractivity contribution in [3.8, 4) is 0 Å². The highest BCUT2D eigenvalue weighted by atomic mass is 79.9. The molecule has 0 atom stereocenters. The van der Waals surface area contributed by atoms with Gasteiger partial charge in [-0.1, -0.05) is 234 Å². The second-order valence-corrected chi connectivity index (χ2v) is 14.3. The maximum Gasteiger partial charge on any atom is 0.0254 e. The van der Waals surface area contributed by atoms with Crippen LogP contribution in [0.15, 0.2) is 205 Å². The van der Waals surface area contributed by atoms with E-state index in [1.165, 1.54) is 66.4 Å². The molecule has 0 N–H and O–H groups in total. The third-order valence-electron chi connectivity index (χ3n) is 9.80. The zero-order chi connectivity index (χ0) is 37.2. The summed E-state index contributed by atoms with van der Waals surface area (Å²) in [4.78, 5) is 0. The molecule has 55 heavy (non-hydrogen) atoms. The fraction of sp³-hybridized carbons (Fsp3) is 0. The zero-order valence-corrected chi connectivity index (χ0v) is 32.0. The van der Waals surface area contributed by atoms with Crippen LogP contribution in [0, 0.1) is 0 Å². The van der Waals surface area contributed by atoms with Crippen LogP contribution >= 0.6 is 15.9 Å². The Kier molecular flexibility index (Phi) is 11.0. The fourth-order valence-corrected chi connectivity index (χ4v) is 7.42. The molecule has 0 aliphatic heterocycles. The predicted molar refractivity (Wildman–Crippen MR) is 242 cm³/mol. The Hall–Kier alpha value is -6.54. The molecule has 0 fully saturated rings. The van der Waals surface area contributed by atoms with Gasteiger partial charge in [0.25, 0.3) is 0 Å². The minimum atomic E-state index is 1.09. The van der Waals surface area contributed by atoms with E-state index in [0.717, 1.165) is 15.6 Å². The molecule has 0 unspecified atom stereocenters. The van der Waals surface area contributed by atoms with Crippen molar-refractivity contribution in [1.29, 1.82) is 0 Å². The van der Waals surface area contributed by atoms with Crippen molar-refractivity contribution in [2.45, 2.75) is 0 Å². The fourth-order valence-electron chi connectivity index (χ4n) is 6.95. The van der Waals surface area contributed by atoms with Crippen LogP contribution < -0.4 is 0 Å². The predicted octanol–water partition coefficient (Wildman–Crippen LogP) is 15.1. The van der Waals surface area contributed by atoms with Crippen LogP contribution in [-0.4, -0.2) is 0 Å². The molecule has 0 saturated heterocycles. The minimum Gasteiger partial charge on any atom is -0.0622 e. The summed E-state index contributed by atoms with van der Waals surface area (Å²) in [6.45, 7) is 0. The Balaban J connectivity index is 1.05. The largest absolute Gasteiger partial charge is 0.0622 e. The van der Waals surface area contributed by atoms with Crippen molar-refractivity contribution in [1.82, 2.24) is 0 Å². The van der Waals surface area contributed by atoms with Gasteiger partial charge in [0, 0.05) is 4.47 Å². The first-order valence-electron chi connectivity index (χ1n) is 18.6. The highest BCUT2D eigenvalue weighted by Crippen LogP contribution is 2.33. The first-order valence-corrected chi connectivity index (χ1v) is 19.4. The topological polar surface area (TPSA) is 0 Å². The SMILES string of the molecule is Brc1ccc(/C=C/c2ccc(C=C(c3ccccc3)c3ccccc3)cc2)c2c(/C=C/c3ccc(C=C(c4ccccc4)c4ccccc4)cc3)cccc12. The Morgan fingerprint density at radius 2 is 0.673 bits per heavy atom. The van der Waals surface area contributed by atoms with Gasteiger partial charge in [0.2, 0.25) is 0 Å². The maximum atomic E-state index is 3.82. The van der Waals surface area contributed by atoms with Gasteiger partial charge in [-0.2, -0.15) is 0 Å². The lowest BCUT2D eigenvalue weighted by molar-refractivity contribution is 1.55. The minimum absolute atomic E-state index is 1.09. The molecule has 262 valence electrons. The van der Waals surface area contributed by atoms with Crippen molar-refractivity contribution in [2.75, 3.05) is 0 Å². The lowest BCUT2D eigenvalue weighted by atomic mass is 9.95. The summed E-state index contributed by atoms with van der Waals surface area (Å²) in [6, 6.07) is 70.8. The molecule has 8 aromatic rings. The van der Waals surface area contributed by atoms with Crippen molar-refractivity contribution >= 4 is 74.3 Å². The highest BCUT2D eigenvalue weighted by Gasteiger charge is 2.09. The van der Waals surface area contributed by atoms with E-state index >= 15 is 0 Å². The van der Waals surface area contributed by atoms with E-state index in [-0.39, 0.29) is 0 Å². The quantitative estimate of drug-likeness (QED) is 0.122. The van der Waals surface area contributed by atoms with E-state index in [4.69, 9.17) is 0 Å². The maximum absolute atomic E-state index is 3.82. The average Bonchev–Trinajstić information content (AvgIpc) is 3.26. The number of halogens is 1. The summed E-state index contributed by atoms with van der Waals surface area (Å²) in [6.07, 6.45) is 13.4. The van der Waals surface area contributed by atoms with Crippen LogP contribution in [0.25, 0.3) is 58.4 Å². The van der Waals surface area contributed by atoms with Crippen LogP contribution in [0.2, 0.25) is 0 Å². The molecule has 8 rings (SSSR count). The third-order valence-corrected chi connectivity index (χ3v) is 10.5. The highest BCUT2D eigenvalue weighted by molar-refractivity contribution is 9.10. The molecule has 8 aromatic carbocycles.